The van der Waals surface area contributed by atoms with Crippen LogP contribution in [0.2, 0.25) is 5.02 Å². The minimum atomic E-state index is -0.950. The fraction of sp³-hybridized carbons (Fsp3) is 0.552. The Morgan fingerprint density at radius 2 is 1.73 bits per heavy atom. The molecule has 2 aromatic rings. The van der Waals surface area contributed by atoms with Crippen molar-refractivity contribution in [3.05, 3.63) is 63.9 Å². The van der Waals surface area contributed by atoms with Crippen LogP contribution in [0.5, 0.6) is 5.75 Å². The standard InChI is InChI=1S/C29H35ClFNO5/c1-26(2,3)37-25(33)32-14-13-21(32)29(17-11-9-8-10-12-17)16-18-20(34-29)15-19(31)23(30)22(18)24-35-27(4,5)28(6,7)36-24/h8-12,15,21,24H,13-14,16H2,1-7H3/t21?,29-/m0/s1. The van der Waals surface area contributed by atoms with Crippen LogP contribution in [0.15, 0.2) is 36.4 Å². The molecule has 0 aliphatic carbocycles. The summed E-state index contributed by atoms with van der Waals surface area (Å²) >= 11 is 6.59. The van der Waals surface area contributed by atoms with E-state index in [1.807, 2.05) is 78.8 Å². The molecule has 1 amide bonds. The quantitative estimate of drug-likeness (QED) is 0.430. The predicted molar refractivity (Wildman–Crippen MR) is 138 cm³/mol. The van der Waals surface area contributed by atoms with Gasteiger partial charge in [0.2, 0.25) is 0 Å². The Morgan fingerprint density at radius 1 is 1.11 bits per heavy atom. The van der Waals surface area contributed by atoms with Gasteiger partial charge in [0.05, 0.1) is 22.3 Å². The van der Waals surface area contributed by atoms with Gasteiger partial charge in [0, 0.05) is 30.2 Å². The first-order chi connectivity index (χ1) is 17.2. The number of hydrogen-bond acceptors (Lipinski definition) is 5. The molecule has 0 bridgehead atoms. The lowest BCUT2D eigenvalue weighted by Crippen LogP contribution is -2.63. The first kappa shape index (κ1) is 26.3. The zero-order valence-corrected chi connectivity index (χ0v) is 23.2. The highest BCUT2D eigenvalue weighted by atomic mass is 35.5. The molecular formula is C29H35ClFNO5. The Balaban J connectivity index is 1.59. The van der Waals surface area contributed by atoms with Crippen LogP contribution in [0.3, 0.4) is 0 Å². The van der Waals surface area contributed by atoms with Gasteiger partial charge in [-0.2, -0.15) is 0 Å². The van der Waals surface area contributed by atoms with Crippen molar-refractivity contribution in [2.24, 2.45) is 0 Å². The summed E-state index contributed by atoms with van der Waals surface area (Å²) in [6.45, 7) is 13.8. The van der Waals surface area contributed by atoms with Crippen molar-refractivity contribution in [3.8, 4) is 5.75 Å². The van der Waals surface area contributed by atoms with Gasteiger partial charge in [0.1, 0.15) is 17.2 Å². The second kappa shape index (κ2) is 8.58. The number of fused-ring (bicyclic) bond motifs is 1. The monoisotopic (exact) mass is 531 g/mol. The lowest BCUT2D eigenvalue weighted by atomic mass is 9.76. The smallest absolute Gasteiger partial charge is 0.410 e. The molecule has 0 saturated carbocycles. The highest BCUT2D eigenvalue weighted by molar-refractivity contribution is 6.31. The Kier molecular flexibility index (Phi) is 6.09. The van der Waals surface area contributed by atoms with E-state index in [-0.39, 0.29) is 11.1 Å². The summed E-state index contributed by atoms with van der Waals surface area (Å²) < 4.78 is 40.1. The Labute approximate surface area is 223 Å². The maximum atomic E-state index is 15.2. The minimum absolute atomic E-state index is 0.0395. The third-order valence-corrected chi connectivity index (χ3v) is 8.38. The molecule has 3 heterocycles. The molecule has 0 aromatic heterocycles. The normalized spacial score (nSPS) is 26.4. The van der Waals surface area contributed by atoms with Crippen LogP contribution in [0.25, 0.3) is 0 Å². The zero-order valence-electron chi connectivity index (χ0n) is 22.5. The van der Waals surface area contributed by atoms with Crippen LogP contribution in [-0.4, -0.2) is 40.4 Å². The van der Waals surface area contributed by atoms with E-state index in [1.54, 1.807) is 4.90 Å². The Bertz CT molecular complexity index is 1210. The number of ether oxygens (including phenoxy) is 4. The first-order valence-electron chi connectivity index (χ1n) is 12.8. The van der Waals surface area contributed by atoms with Crippen LogP contribution >= 0.6 is 11.6 Å². The van der Waals surface area contributed by atoms with Crippen molar-refractivity contribution in [1.82, 2.24) is 4.90 Å². The summed E-state index contributed by atoms with van der Waals surface area (Å²) in [6, 6.07) is 10.8. The fourth-order valence-electron chi connectivity index (χ4n) is 5.31. The number of halogens is 2. The van der Waals surface area contributed by atoms with Gasteiger partial charge in [-0.15, -0.1) is 0 Å². The largest absolute Gasteiger partial charge is 0.480 e. The Hall–Kier alpha value is -2.35. The third-order valence-electron chi connectivity index (χ3n) is 8.00. The molecule has 1 unspecified atom stereocenters. The summed E-state index contributed by atoms with van der Waals surface area (Å²) in [7, 11) is 0. The van der Waals surface area contributed by atoms with Gasteiger partial charge < -0.3 is 23.8 Å². The third kappa shape index (κ3) is 4.29. The number of benzene rings is 2. The summed E-state index contributed by atoms with van der Waals surface area (Å²) in [5, 5.41) is -0.0395. The average Bonchev–Trinajstić information content (AvgIpc) is 3.20. The van der Waals surface area contributed by atoms with Crippen molar-refractivity contribution < 1.29 is 28.1 Å². The van der Waals surface area contributed by atoms with Crippen molar-refractivity contribution >= 4 is 17.7 Å². The molecule has 2 saturated heterocycles. The molecular weight excluding hydrogens is 497 g/mol. The maximum Gasteiger partial charge on any atom is 0.410 e. The van der Waals surface area contributed by atoms with E-state index < -0.39 is 40.6 Å². The average molecular weight is 532 g/mol. The number of carbonyl (C=O) groups is 1. The highest BCUT2D eigenvalue weighted by Gasteiger charge is 2.57. The minimum Gasteiger partial charge on any atom is -0.480 e. The van der Waals surface area contributed by atoms with Crippen molar-refractivity contribution in [2.45, 2.75) is 96.0 Å². The number of hydrogen-bond donors (Lipinski definition) is 0. The topological polar surface area (TPSA) is 57.2 Å². The number of amides is 1. The van der Waals surface area contributed by atoms with Crippen LogP contribution < -0.4 is 4.74 Å². The number of likely N-dealkylation sites (tertiary alicyclic amines) is 1. The lowest BCUT2D eigenvalue weighted by Gasteiger charge is -2.50. The van der Waals surface area contributed by atoms with Crippen molar-refractivity contribution in [1.29, 1.82) is 0 Å². The molecule has 37 heavy (non-hydrogen) atoms. The van der Waals surface area contributed by atoms with Crippen LogP contribution in [0, 0.1) is 5.82 Å². The van der Waals surface area contributed by atoms with E-state index in [1.165, 1.54) is 6.07 Å². The molecule has 3 aliphatic heterocycles. The van der Waals surface area contributed by atoms with Crippen LogP contribution in [-0.2, 0) is 26.2 Å². The van der Waals surface area contributed by atoms with Crippen molar-refractivity contribution in [2.75, 3.05) is 6.54 Å². The van der Waals surface area contributed by atoms with Gasteiger partial charge in [-0.05, 0) is 60.5 Å². The van der Waals surface area contributed by atoms with Gasteiger partial charge in [-0.3, -0.25) is 0 Å². The molecule has 200 valence electrons. The number of carbonyl (C=O) groups excluding carboxylic acids is 1. The summed E-state index contributed by atoms with van der Waals surface area (Å²) in [5.74, 6) is -0.224. The molecule has 2 atom stereocenters. The molecule has 6 nitrogen and oxygen atoms in total. The molecule has 2 aromatic carbocycles. The SMILES string of the molecule is CC(C)(C)OC(=O)N1CCC1[C@@]1(c2ccccc2)Cc2c(cc(F)c(Cl)c2C2OC(C)(C)C(C)(C)O2)O1. The molecule has 0 radical (unpaired) electrons. The van der Waals surface area contributed by atoms with Gasteiger partial charge in [0.15, 0.2) is 11.9 Å². The van der Waals surface area contributed by atoms with E-state index in [9.17, 15) is 4.79 Å². The molecule has 5 rings (SSSR count). The fourth-order valence-corrected chi connectivity index (χ4v) is 5.56. The second-order valence-corrected chi connectivity index (χ2v) is 12.5. The molecule has 2 fully saturated rings. The van der Waals surface area contributed by atoms with Gasteiger partial charge in [0.25, 0.3) is 0 Å². The van der Waals surface area contributed by atoms with Crippen LogP contribution in [0.1, 0.15) is 77.9 Å². The lowest BCUT2D eigenvalue weighted by molar-refractivity contribution is -0.0905. The van der Waals surface area contributed by atoms with E-state index in [0.29, 0.717) is 30.7 Å². The van der Waals surface area contributed by atoms with E-state index in [4.69, 9.17) is 30.5 Å². The Morgan fingerprint density at radius 3 is 2.27 bits per heavy atom. The van der Waals surface area contributed by atoms with Gasteiger partial charge >= 0.3 is 6.09 Å². The molecule has 8 heteroatoms. The predicted octanol–water partition coefficient (Wildman–Crippen LogP) is 6.92. The highest BCUT2D eigenvalue weighted by Crippen LogP contribution is 2.55. The number of nitrogens with zero attached hydrogens (tertiary/aromatic N) is 1. The molecule has 3 aliphatic rings. The maximum absolute atomic E-state index is 15.2. The van der Waals surface area contributed by atoms with Crippen LogP contribution in [0.4, 0.5) is 9.18 Å². The van der Waals surface area contributed by atoms with Crippen molar-refractivity contribution in [3.63, 3.8) is 0 Å². The van der Waals surface area contributed by atoms with E-state index in [0.717, 1.165) is 11.1 Å². The first-order valence-corrected chi connectivity index (χ1v) is 13.1. The number of rotatable bonds is 3. The van der Waals surface area contributed by atoms with Gasteiger partial charge in [-0.25, -0.2) is 9.18 Å². The summed E-state index contributed by atoms with van der Waals surface area (Å²) in [5.41, 5.74) is -0.775. The molecule has 0 N–H and O–H groups in total. The summed E-state index contributed by atoms with van der Waals surface area (Å²) in [6.07, 6.45) is -0.172. The van der Waals surface area contributed by atoms with E-state index in [2.05, 4.69) is 0 Å². The summed E-state index contributed by atoms with van der Waals surface area (Å²) in [4.78, 5) is 14.8. The zero-order chi connectivity index (χ0) is 27.0. The molecule has 0 spiro atoms. The second-order valence-electron chi connectivity index (χ2n) is 12.2. The van der Waals surface area contributed by atoms with E-state index >= 15 is 4.39 Å². The van der Waals surface area contributed by atoms with Gasteiger partial charge in [-0.1, -0.05) is 41.9 Å².